The Kier molecular flexibility index (Phi) is 5.74. The van der Waals surface area contributed by atoms with E-state index in [9.17, 15) is 9.59 Å². The van der Waals surface area contributed by atoms with Gasteiger partial charge in [-0.1, -0.05) is 37.3 Å². The average Bonchev–Trinajstić information content (AvgIpc) is 2.58. The fourth-order valence-electron chi connectivity index (χ4n) is 2.40. The second-order valence-electron chi connectivity index (χ2n) is 5.85. The third-order valence-corrected chi connectivity index (χ3v) is 3.98. The molecule has 0 bridgehead atoms. The maximum atomic E-state index is 12.3. The van der Waals surface area contributed by atoms with Crippen molar-refractivity contribution in [2.45, 2.75) is 40.2 Å². The molecule has 0 saturated carbocycles. The van der Waals surface area contributed by atoms with E-state index in [1.165, 1.54) is 0 Å². The Hall–Kier alpha value is -2.62. The lowest BCUT2D eigenvalue weighted by molar-refractivity contribution is -0.123. The third kappa shape index (κ3) is 4.22. The van der Waals surface area contributed by atoms with E-state index in [2.05, 4.69) is 5.32 Å². The predicted octanol–water partition coefficient (Wildman–Crippen LogP) is 4.05. The Labute approximate surface area is 142 Å². The van der Waals surface area contributed by atoms with Crippen LogP contribution in [0.5, 0.6) is 0 Å². The van der Waals surface area contributed by atoms with Gasteiger partial charge in [0.15, 0.2) is 6.10 Å². The molecule has 0 aromatic heterocycles. The number of carbonyl (C=O) groups excluding carboxylic acids is 2. The van der Waals surface area contributed by atoms with Gasteiger partial charge in [-0.2, -0.15) is 0 Å². The Balaban J connectivity index is 2.01. The molecule has 0 saturated heterocycles. The number of esters is 1. The van der Waals surface area contributed by atoms with Crippen LogP contribution in [0.25, 0.3) is 0 Å². The number of benzene rings is 2. The predicted molar refractivity (Wildman–Crippen MR) is 95.2 cm³/mol. The summed E-state index contributed by atoms with van der Waals surface area (Å²) in [5.74, 6) is -0.840. The quantitative estimate of drug-likeness (QED) is 0.844. The van der Waals surface area contributed by atoms with Crippen LogP contribution in [0.1, 0.15) is 40.9 Å². The fraction of sp³-hybridized carbons (Fsp3) is 0.300. The van der Waals surface area contributed by atoms with Gasteiger partial charge >= 0.3 is 5.97 Å². The molecule has 2 aromatic rings. The zero-order chi connectivity index (χ0) is 17.7. The minimum absolute atomic E-state index is 0.342. The number of amides is 1. The molecule has 24 heavy (non-hydrogen) atoms. The highest BCUT2D eigenvalue weighted by atomic mass is 16.5. The van der Waals surface area contributed by atoms with Crippen LogP contribution in [0.3, 0.4) is 0 Å². The number of ether oxygens (including phenoxy) is 1. The van der Waals surface area contributed by atoms with Crippen LogP contribution in [0.4, 0.5) is 5.69 Å². The highest BCUT2D eigenvalue weighted by Gasteiger charge is 2.20. The number of anilines is 1. The molecule has 1 atom stereocenters. The highest BCUT2D eigenvalue weighted by molar-refractivity contribution is 5.98. The Morgan fingerprint density at radius 3 is 2.17 bits per heavy atom. The Bertz CT molecular complexity index is 715. The zero-order valence-electron chi connectivity index (χ0n) is 14.6. The number of carbonyl (C=O) groups is 2. The fourth-order valence-corrected chi connectivity index (χ4v) is 2.40. The minimum Gasteiger partial charge on any atom is -0.449 e. The summed E-state index contributed by atoms with van der Waals surface area (Å²) in [7, 11) is 0. The molecule has 1 amide bonds. The lowest BCUT2D eigenvalue weighted by Crippen LogP contribution is -2.30. The van der Waals surface area contributed by atoms with Gasteiger partial charge in [0.25, 0.3) is 5.91 Å². The molecule has 0 aliphatic carbocycles. The van der Waals surface area contributed by atoms with Gasteiger partial charge in [0, 0.05) is 5.69 Å². The molecule has 0 aliphatic heterocycles. The van der Waals surface area contributed by atoms with Crippen LogP contribution >= 0.6 is 0 Å². The third-order valence-electron chi connectivity index (χ3n) is 3.98. The summed E-state index contributed by atoms with van der Waals surface area (Å²) >= 11 is 0. The van der Waals surface area contributed by atoms with Crippen molar-refractivity contribution in [3.63, 3.8) is 0 Å². The van der Waals surface area contributed by atoms with Crippen molar-refractivity contribution in [2.75, 3.05) is 5.32 Å². The SMILES string of the molecule is CCc1ccc(C(=O)OC(C)C(=O)Nc2c(C)cccc2C)cc1. The van der Waals surface area contributed by atoms with Gasteiger partial charge in [0.1, 0.15) is 0 Å². The van der Waals surface area contributed by atoms with Gasteiger partial charge in [-0.3, -0.25) is 4.79 Å². The number of hydrogen-bond acceptors (Lipinski definition) is 3. The molecule has 126 valence electrons. The van der Waals surface area contributed by atoms with E-state index in [-0.39, 0.29) is 5.91 Å². The van der Waals surface area contributed by atoms with E-state index in [0.29, 0.717) is 5.56 Å². The summed E-state index contributed by atoms with van der Waals surface area (Å²) in [5, 5.41) is 2.84. The molecule has 1 unspecified atom stereocenters. The molecular formula is C20H23NO3. The molecule has 0 aliphatic rings. The Morgan fingerprint density at radius 2 is 1.62 bits per heavy atom. The van der Waals surface area contributed by atoms with Gasteiger partial charge < -0.3 is 10.1 Å². The van der Waals surface area contributed by atoms with E-state index in [1.54, 1.807) is 19.1 Å². The van der Waals surface area contributed by atoms with Gasteiger partial charge in [0.05, 0.1) is 5.56 Å². The van der Waals surface area contributed by atoms with Crippen molar-refractivity contribution in [1.29, 1.82) is 0 Å². The minimum atomic E-state index is -0.873. The van der Waals surface area contributed by atoms with E-state index >= 15 is 0 Å². The van der Waals surface area contributed by atoms with Crippen LogP contribution < -0.4 is 5.32 Å². The number of para-hydroxylation sites is 1. The summed E-state index contributed by atoms with van der Waals surface area (Å²) in [6.07, 6.45) is 0.0338. The zero-order valence-corrected chi connectivity index (χ0v) is 14.6. The van der Waals surface area contributed by atoms with E-state index in [4.69, 9.17) is 4.74 Å². The van der Waals surface area contributed by atoms with Gasteiger partial charge in [-0.15, -0.1) is 0 Å². The topological polar surface area (TPSA) is 55.4 Å². The molecule has 0 fully saturated rings. The second kappa shape index (κ2) is 7.77. The number of hydrogen-bond donors (Lipinski definition) is 1. The van der Waals surface area contributed by atoms with Crippen LogP contribution in [0.15, 0.2) is 42.5 Å². The summed E-state index contributed by atoms with van der Waals surface area (Å²) in [4.78, 5) is 24.4. The molecule has 4 nitrogen and oxygen atoms in total. The number of nitrogens with one attached hydrogen (secondary N) is 1. The van der Waals surface area contributed by atoms with Crippen LogP contribution in [0.2, 0.25) is 0 Å². The molecule has 4 heteroatoms. The van der Waals surface area contributed by atoms with Crippen molar-refractivity contribution in [3.05, 3.63) is 64.7 Å². The van der Waals surface area contributed by atoms with Gasteiger partial charge in [0.2, 0.25) is 0 Å². The molecule has 0 radical (unpaired) electrons. The molecule has 2 aromatic carbocycles. The smallest absolute Gasteiger partial charge is 0.338 e. The maximum Gasteiger partial charge on any atom is 0.338 e. The van der Waals surface area contributed by atoms with Gasteiger partial charge in [-0.25, -0.2) is 4.79 Å². The normalized spacial score (nSPS) is 11.7. The van der Waals surface area contributed by atoms with E-state index < -0.39 is 12.1 Å². The van der Waals surface area contributed by atoms with Crippen molar-refractivity contribution >= 4 is 17.6 Å². The Morgan fingerprint density at radius 1 is 1.04 bits per heavy atom. The highest BCUT2D eigenvalue weighted by Crippen LogP contribution is 2.20. The summed E-state index contributed by atoms with van der Waals surface area (Å²) < 4.78 is 5.27. The molecule has 2 rings (SSSR count). The lowest BCUT2D eigenvalue weighted by Gasteiger charge is -2.16. The maximum absolute atomic E-state index is 12.3. The van der Waals surface area contributed by atoms with E-state index in [0.717, 1.165) is 28.8 Å². The standard InChI is InChI=1S/C20H23NO3/c1-5-16-9-11-17(12-10-16)20(23)24-15(4)19(22)21-18-13(2)7-6-8-14(18)3/h6-12,15H,5H2,1-4H3,(H,21,22). The second-order valence-corrected chi connectivity index (χ2v) is 5.85. The first-order valence-electron chi connectivity index (χ1n) is 8.09. The van der Waals surface area contributed by atoms with Crippen molar-refractivity contribution in [2.24, 2.45) is 0 Å². The van der Waals surface area contributed by atoms with Crippen LogP contribution in [-0.2, 0) is 16.0 Å². The van der Waals surface area contributed by atoms with Gasteiger partial charge in [-0.05, 0) is 56.0 Å². The first-order chi connectivity index (χ1) is 11.4. The molecular weight excluding hydrogens is 302 g/mol. The van der Waals surface area contributed by atoms with Crippen LogP contribution in [0, 0.1) is 13.8 Å². The molecule has 0 spiro atoms. The lowest BCUT2D eigenvalue weighted by atomic mass is 10.1. The van der Waals surface area contributed by atoms with E-state index in [1.807, 2.05) is 51.1 Å². The first-order valence-corrected chi connectivity index (χ1v) is 8.09. The summed E-state index contributed by atoms with van der Waals surface area (Å²) in [5.41, 5.74) is 4.29. The average molecular weight is 325 g/mol. The van der Waals surface area contributed by atoms with Crippen molar-refractivity contribution in [1.82, 2.24) is 0 Å². The summed E-state index contributed by atoms with van der Waals surface area (Å²) in [6, 6.07) is 13.0. The first kappa shape index (κ1) is 17.7. The monoisotopic (exact) mass is 325 g/mol. The molecule has 1 N–H and O–H groups in total. The molecule has 0 heterocycles. The number of aryl methyl sites for hydroxylation is 3. The van der Waals surface area contributed by atoms with Crippen LogP contribution in [-0.4, -0.2) is 18.0 Å². The van der Waals surface area contributed by atoms with Crippen molar-refractivity contribution in [3.8, 4) is 0 Å². The number of rotatable bonds is 5. The largest absolute Gasteiger partial charge is 0.449 e. The van der Waals surface area contributed by atoms with Crippen molar-refractivity contribution < 1.29 is 14.3 Å². The summed E-state index contributed by atoms with van der Waals surface area (Å²) in [6.45, 7) is 7.47.